The first kappa shape index (κ1) is 39.0. The quantitative estimate of drug-likeness (QED) is 0.182. The SMILES string of the molecule is CC(C)OC(=O)N[C@@H](C(=O)N1CCC[C@H]1C(=O)Nc1ccc(C2Nc3ccc(NC(=O)[C@@H]4CCCN4C(=O)OC(C)(C)C)cc3C2F)cc1)c1ccccc1. The second-order valence-electron chi connectivity index (χ2n) is 15.4. The molecule has 3 aromatic carbocycles. The highest BCUT2D eigenvalue weighted by Crippen LogP contribution is 2.46. The van der Waals surface area contributed by atoms with Crippen LogP contribution in [0.5, 0.6) is 0 Å². The number of benzene rings is 3. The van der Waals surface area contributed by atoms with Crippen molar-refractivity contribution in [2.45, 2.75) is 102 Å². The van der Waals surface area contributed by atoms with Gasteiger partial charge in [-0.1, -0.05) is 42.5 Å². The number of amides is 5. The number of carbonyl (C=O) groups is 5. The fourth-order valence-electron chi connectivity index (χ4n) is 7.24. The van der Waals surface area contributed by atoms with Gasteiger partial charge in [0.25, 0.3) is 5.91 Å². The van der Waals surface area contributed by atoms with Crippen molar-refractivity contribution in [3.8, 4) is 0 Å². The van der Waals surface area contributed by atoms with Gasteiger partial charge >= 0.3 is 12.2 Å². The summed E-state index contributed by atoms with van der Waals surface area (Å²) in [4.78, 5) is 68.8. The van der Waals surface area contributed by atoms with Gasteiger partial charge in [-0.05, 0) is 102 Å². The Labute approximate surface area is 320 Å². The van der Waals surface area contributed by atoms with Gasteiger partial charge in [0, 0.05) is 35.7 Å². The van der Waals surface area contributed by atoms with Gasteiger partial charge in [-0.25, -0.2) is 14.0 Å². The van der Waals surface area contributed by atoms with Crippen molar-refractivity contribution in [2.75, 3.05) is 29.0 Å². The summed E-state index contributed by atoms with van der Waals surface area (Å²) in [5.74, 6) is -1.14. The van der Waals surface area contributed by atoms with Crippen molar-refractivity contribution < 1.29 is 37.8 Å². The molecular weight excluding hydrogens is 707 g/mol. The number of nitrogens with zero attached hydrogens (tertiary/aromatic N) is 2. The van der Waals surface area contributed by atoms with Gasteiger partial charge in [0.05, 0.1) is 12.1 Å². The predicted octanol–water partition coefficient (Wildman–Crippen LogP) is 7.01. The van der Waals surface area contributed by atoms with Crippen molar-refractivity contribution in [2.24, 2.45) is 0 Å². The summed E-state index contributed by atoms with van der Waals surface area (Å²) in [7, 11) is 0. The van der Waals surface area contributed by atoms with Crippen molar-refractivity contribution in [1.82, 2.24) is 15.1 Å². The number of halogens is 1. The molecule has 0 spiro atoms. The average molecular weight is 757 g/mol. The van der Waals surface area contributed by atoms with Gasteiger partial charge in [0.2, 0.25) is 11.8 Å². The molecule has 3 aliphatic heterocycles. The maximum atomic E-state index is 16.0. The van der Waals surface area contributed by atoms with Crippen LogP contribution in [0.25, 0.3) is 0 Å². The number of alkyl halides is 1. The zero-order valence-corrected chi connectivity index (χ0v) is 31.8. The number of carbonyl (C=O) groups excluding carboxylic acids is 5. The fraction of sp³-hybridized carbons (Fsp3) is 0.439. The van der Waals surface area contributed by atoms with Crippen LogP contribution in [0.4, 0.5) is 31.0 Å². The third-order valence-electron chi connectivity index (χ3n) is 9.76. The lowest BCUT2D eigenvalue weighted by Crippen LogP contribution is -2.48. The fourth-order valence-corrected chi connectivity index (χ4v) is 7.24. The number of hydrogen-bond acceptors (Lipinski definition) is 8. The monoisotopic (exact) mass is 756 g/mol. The van der Waals surface area contributed by atoms with Crippen molar-refractivity contribution >= 4 is 47.0 Å². The number of anilines is 3. The zero-order chi connectivity index (χ0) is 39.4. The van der Waals surface area contributed by atoms with E-state index in [4.69, 9.17) is 9.47 Å². The molecule has 0 aliphatic carbocycles. The number of hydrogen-bond donors (Lipinski definition) is 4. The Kier molecular flexibility index (Phi) is 11.6. The zero-order valence-electron chi connectivity index (χ0n) is 31.8. The molecule has 0 saturated carbocycles. The molecule has 292 valence electrons. The molecule has 2 unspecified atom stereocenters. The van der Waals surface area contributed by atoms with Crippen LogP contribution >= 0.6 is 0 Å². The lowest BCUT2D eigenvalue weighted by atomic mass is 10.0. The van der Waals surface area contributed by atoms with Crippen LogP contribution in [0.1, 0.15) is 95.2 Å². The molecule has 13 nitrogen and oxygen atoms in total. The largest absolute Gasteiger partial charge is 0.447 e. The molecular formula is C41H49FN6O7. The normalized spacial score (nSPS) is 21.0. The van der Waals surface area contributed by atoms with E-state index in [1.165, 1.54) is 9.80 Å². The third kappa shape index (κ3) is 9.18. The molecule has 2 saturated heterocycles. The summed E-state index contributed by atoms with van der Waals surface area (Å²) in [5, 5.41) is 11.6. The Hall–Kier alpha value is -5.66. The Morgan fingerprint density at radius 2 is 1.42 bits per heavy atom. The highest BCUT2D eigenvalue weighted by Gasteiger charge is 2.40. The molecule has 0 aromatic heterocycles. The smallest absolute Gasteiger partial charge is 0.410 e. The van der Waals surface area contributed by atoms with Gasteiger partial charge in [0.1, 0.15) is 23.7 Å². The molecule has 55 heavy (non-hydrogen) atoms. The van der Waals surface area contributed by atoms with Gasteiger partial charge < -0.3 is 35.6 Å². The molecule has 6 rings (SSSR count). The van der Waals surface area contributed by atoms with E-state index >= 15 is 4.39 Å². The predicted molar refractivity (Wildman–Crippen MR) is 205 cm³/mol. The minimum absolute atomic E-state index is 0.350. The lowest BCUT2D eigenvalue weighted by Gasteiger charge is -2.29. The summed E-state index contributed by atoms with van der Waals surface area (Å²) in [6.07, 6.45) is -0.841. The number of likely N-dealkylation sites (tertiary alicyclic amines) is 2. The molecule has 2 fully saturated rings. The maximum absolute atomic E-state index is 16.0. The molecule has 3 heterocycles. The first-order chi connectivity index (χ1) is 26.2. The Balaban J connectivity index is 1.07. The average Bonchev–Trinajstić information content (AvgIpc) is 3.90. The van der Waals surface area contributed by atoms with Crippen LogP contribution in [-0.4, -0.2) is 76.6 Å². The highest BCUT2D eigenvalue weighted by molar-refractivity contribution is 5.99. The topological polar surface area (TPSA) is 158 Å². The molecule has 0 bridgehead atoms. The minimum Gasteiger partial charge on any atom is -0.447 e. The Morgan fingerprint density at radius 1 is 0.818 bits per heavy atom. The molecule has 3 aromatic rings. The van der Waals surface area contributed by atoms with Gasteiger partial charge in [0.15, 0.2) is 6.17 Å². The van der Waals surface area contributed by atoms with Crippen LogP contribution < -0.4 is 21.3 Å². The summed E-state index contributed by atoms with van der Waals surface area (Å²) < 4.78 is 26.7. The standard InChI is InChI=1S/C41H49FN6O7/c1-24(2)54-39(52)46-35(25-11-7-6-8-12-25)38(51)47-21-9-13-31(47)36(49)43-27-17-15-26(16-18-27)34-33(42)29-23-28(19-20-30(29)45-34)44-37(50)32-14-10-22-48(32)40(53)55-41(3,4)5/h6-8,11-12,15-20,23-24,31-35,45H,9-10,13-14,21-22H2,1-5H3,(H,43,49)(H,44,50)(H,46,52)/t31-,32-,33?,34?,35+/m0/s1. The number of ether oxygens (including phenoxy) is 2. The maximum Gasteiger partial charge on any atom is 0.410 e. The van der Waals surface area contributed by atoms with Crippen LogP contribution in [0.3, 0.4) is 0 Å². The second kappa shape index (κ2) is 16.4. The Bertz CT molecular complexity index is 1900. The summed E-state index contributed by atoms with van der Waals surface area (Å²) in [6.45, 7) is 9.52. The van der Waals surface area contributed by atoms with Crippen molar-refractivity contribution in [3.63, 3.8) is 0 Å². The highest BCUT2D eigenvalue weighted by atomic mass is 19.1. The van der Waals surface area contributed by atoms with Crippen LogP contribution in [0.15, 0.2) is 72.8 Å². The first-order valence-corrected chi connectivity index (χ1v) is 18.8. The molecule has 4 N–H and O–H groups in total. The second-order valence-corrected chi connectivity index (χ2v) is 15.4. The molecule has 0 radical (unpaired) electrons. The molecule has 5 atom stereocenters. The van der Waals surface area contributed by atoms with E-state index in [-0.39, 0.29) is 17.9 Å². The number of alkyl carbamates (subject to hydrolysis) is 1. The van der Waals surface area contributed by atoms with E-state index in [1.54, 1.807) is 101 Å². The van der Waals surface area contributed by atoms with Gasteiger partial charge in [-0.2, -0.15) is 0 Å². The lowest BCUT2D eigenvalue weighted by molar-refractivity contribution is -0.138. The molecule has 5 amide bonds. The summed E-state index contributed by atoms with van der Waals surface area (Å²) in [5.41, 5.74) is 2.41. The number of rotatable bonds is 9. The number of nitrogens with one attached hydrogen (secondary N) is 4. The van der Waals surface area contributed by atoms with Crippen molar-refractivity contribution in [3.05, 3.63) is 89.5 Å². The molecule has 14 heteroatoms. The minimum atomic E-state index is -1.43. The summed E-state index contributed by atoms with van der Waals surface area (Å²) in [6, 6.07) is 17.5. The van der Waals surface area contributed by atoms with Crippen LogP contribution in [-0.2, 0) is 23.9 Å². The van der Waals surface area contributed by atoms with E-state index < -0.39 is 54.0 Å². The summed E-state index contributed by atoms with van der Waals surface area (Å²) >= 11 is 0. The van der Waals surface area contributed by atoms with Gasteiger partial charge in [-0.3, -0.25) is 19.3 Å². The van der Waals surface area contributed by atoms with E-state index in [1.807, 2.05) is 6.07 Å². The first-order valence-electron chi connectivity index (χ1n) is 18.8. The van der Waals surface area contributed by atoms with E-state index in [2.05, 4.69) is 21.3 Å². The molecule has 3 aliphatic rings. The van der Waals surface area contributed by atoms with Crippen LogP contribution in [0, 0.1) is 0 Å². The van der Waals surface area contributed by atoms with Crippen molar-refractivity contribution in [1.29, 1.82) is 0 Å². The van der Waals surface area contributed by atoms with E-state index in [9.17, 15) is 24.0 Å². The third-order valence-corrected chi connectivity index (χ3v) is 9.76. The van der Waals surface area contributed by atoms with E-state index in [0.717, 1.165) is 0 Å². The van der Waals surface area contributed by atoms with Gasteiger partial charge in [-0.15, -0.1) is 0 Å². The van der Waals surface area contributed by atoms with Crippen LogP contribution in [0.2, 0.25) is 0 Å². The Morgan fingerprint density at radius 3 is 2.05 bits per heavy atom. The number of fused-ring (bicyclic) bond motifs is 1. The van der Waals surface area contributed by atoms with E-state index in [0.29, 0.717) is 72.5 Å².